The summed E-state index contributed by atoms with van der Waals surface area (Å²) in [4.78, 5) is 12.3. The van der Waals surface area contributed by atoms with Gasteiger partial charge in [-0.3, -0.25) is 0 Å². The molecule has 0 saturated carbocycles. The maximum Gasteiger partial charge on any atom is 0.343 e. The number of allylic oxidation sites excluding steroid dienone is 1. The third-order valence-corrected chi connectivity index (χ3v) is 5.77. The number of halogens is 1. The van der Waals surface area contributed by atoms with Crippen molar-refractivity contribution < 1.29 is 24.1 Å². The van der Waals surface area contributed by atoms with Gasteiger partial charge in [0.1, 0.15) is 11.5 Å². The number of methoxy groups -OCH3 is 1. The molecule has 0 saturated heterocycles. The van der Waals surface area contributed by atoms with Crippen molar-refractivity contribution in [2.45, 2.75) is 17.7 Å². The number of esters is 1. The first-order valence-corrected chi connectivity index (χ1v) is 10.7. The van der Waals surface area contributed by atoms with Gasteiger partial charge in [-0.2, -0.15) is 0 Å². The van der Waals surface area contributed by atoms with Crippen molar-refractivity contribution >= 4 is 40.8 Å². The Bertz CT molecular complexity index is 959. The lowest BCUT2D eigenvalue weighted by Crippen LogP contribution is -2.16. The fourth-order valence-corrected chi connectivity index (χ4v) is 3.93. The predicted molar refractivity (Wildman–Crippen MR) is 119 cm³/mol. The Morgan fingerprint density at radius 1 is 1.30 bits per heavy atom. The molecule has 158 valence electrons. The molecule has 0 amide bonds. The number of benzene rings is 2. The lowest BCUT2D eigenvalue weighted by atomic mass is 10.1. The summed E-state index contributed by atoms with van der Waals surface area (Å²) in [6, 6.07) is 10.7. The fourth-order valence-electron chi connectivity index (χ4n) is 2.94. The molecule has 2 aromatic carbocycles. The largest absolute Gasteiger partial charge is 0.593 e. The lowest BCUT2D eigenvalue weighted by molar-refractivity contribution is -0.142. The molecule has 0 atom stereocenters. The number of nitrogens with one attached hydrogen (secondary N) is 1. The van der Waals surface area contributed by atoms with E-state index in [1.165, 1.54) is 24.9 Å². The monoisotopic (exact) mass is 448 g/mol. The molecule has 1 aliphatic rings. The van der Waals surface area contributed by atoms with Crippen molar-refractivity contribution in [3.8, 4) is 11.5 Å². The number of carbonyl (C=O) groups is 1. The summed E-state index contributed by atoms with van der Waals surface area (Å²) in [7, 11) is 1.32. The van der Waals surface area contributed by atoms with Crippen LogP contribution in [-0.2, 0) is 16.0 Å². The van der Waals surface area contributed by atoms with E-state index in [2.05, 4.69) is 4.74 Å². The van der Waals surface area contributed by atoms with E-state index in [1.54, 1.807) is 24.3 Å². The second-order valence-electron chi connectivity index (χ2n) is 6.57. The molecule has 3 N–H and O–H groups in total. The van der Waals surface area contributed by atoms with E-state index in [0.29, 0.717) is 34.4 Å². The number of rotatable bonds is 8. The summed E-state index contributed by atoms with van der Waals surface area (Å²) in [5.41, 5.74) is 1.97. The summed E-state index contributed by atoms with van der Waals surface area (Å²) < 4.78 is 16.1. The minimum Gasteiger partial charge on any atom is -0.593 e. The molecule has 1 heterocycles. The highest BCUT2D eigenvalue weighted by Crippen LogP contribution is 2.41. The quantitative estimate of drug-likeness (QED) is 0.216. The number of fused-ring (bicyclic) bond motifs is 1. The van der Waals surface area contributed by atoms with Gasteiger partial charge in [-0.25, -0.2) is 4.79 Å². The number of hydrogen-bond donors (Lipinski definition) is 1. The number of hydrogen-bond acceptors (Lipinski definition) is 6. The van der Waals surface area contributed by atoms with Gasteiger partial charge in [0.05, 0.1) is 36.0 Å². The van der Waals surface area contributed by atoms with Crippen LogP contribution in [0.15, 0.2) is 47.4 Å². The molecule has 3 rings (SSSR count). The lowest BCUT2D eigenvalue weighted by Gasteiger charge is -2.22. The molecule has 2 aromatic rings. The van der Waals surface area contributed by atoms with Crippen LogP contribution < -0.4 is 9.47 Å². The van der Waals surface area contributed by atoms with Gasteiger partial charge in [0.25, 0.3) is 5.76 Å². The fraction of sp³-hybridized carbons (Fsp3) is 0.273. The van der Waals surface area contributed by atoms with Gasteiger partial charge in [0.2, 0.25) is 0 Å². The zero-order valence-electron chi connectivity index (χ0n) is 16.5. The van der Waals surface area contributed by atoms with Gasteiger partial charge in [0, 0.05) is 16.3 Å². The molecule has 1 aliphatic heterocycles. The van der Waals surface area contributed by atoms with Crippen LogP contribution in [0.5, 0.6) is 11.5 Å². The van der Waals surface area contributed by atoms with E-state index in [1.807, 2.05) is 12.1 Å². The summed E-state index contributed by atoms with van der Waals surface area (Å²) in [5, 5.41) is 17.0. The summed E-state index contributed by atoms with van der Waals surface area (Å²) in [5.74, 6) is 1.58. The van der Waals surface area contributed by atoms with Crippen LogP contribution in [0.3, 0.4) is 0 Å². The van der Waals surface area contributed by atoms with Gasteiger partial charge in [0.15, 0.2) is 6.61 Å². The Morgan fingerprint density at radius 2 is 2.07 bits per heavy atom. The Labute approximate surface area is 184 Å². The summed E-state index contributed by atoms with van der Waals surface area (Å²) >= 11 is 7.36. The molecule has 0 spiro atoms. The molecular formula is C22H23ClNO5S+. The van der Waals surface area contributed by atoms with Crippen molar-refractivity contribution in [2.24, 2.45) is 0 Å². The molecule has 0 unspecified atom stereocenters. The number of thioether (sulfide) groups is 1. The highest BCUT2D eigenvalue weighted by Gasteiger charge is 2.21. The molecule has 6 nitrogen and oxygen atoms in total. The number of carbonyl (C=O) groups excluding carboxylic acids is 1. The Hall–Kier alpha value is -2.64. The smallest absolute Gasteiger partial charge is 0.343 e. The maximum atomic E-state index is 11.4. The molecule has 30 heavy (non-hydrogen) atoms. The second kappa shape index (κ2) is 10.4. The first kappa shape index (κ1) is 22.1. The van der Waals surface area contributed by atoms with Gasteiger partial charge < -0.3 is 24.7 Å². The maximum absolute atomic E-state index is 11.4. The van der Waals surface area contributed by atoms with Gasteiger partial charge in [-0.05, 0) is 49.2 Å². The molecule has 0 aromatic heterocycles. The van der Waals surface area contributed by atoms with Crippen LogP contribution in [0.1, 0.15) is 17.5 Å². The molecule has 0 aliphatic carbocycles. The Morgan fingerprint density at radius 3 is 2.80 bits per heavy atom. The van der Waals surface area contributed by atoms with Crippen LogP contribution in [-0.4, -0.2) is 42.9 Å². The van der Waals surface area contributed by atoms with E-state index in [9.17, 15) is 4.79 Å². The second-order valence-corrected chi connectivity index (χ2v) is 8.02. The summed E-state index contributed by atoms with van der Waals surface area (Å²) in [6.45, 7) is 0.466. The predicted octanol–water partition coefficient (Wildman–Crippen LogP) is 4.09. The van der Waals surface area contributed by atoms with Gasteiger partial charge in [-0.1, -0.05) is 11.6 Å². The van der Waals surface area contributed by atoms with E-state index < -0.39 is 5.97 Å². The van der Waals surface area contributed by atoms with Crippen LogP contribution in [0.25, 0.3) is 5.76 Å². The first-order chi connectivity index (χ1) is 14.5. The van der Waals surface area contributed by atoms with Crippen molar-refractivity contribution in [3.05, 3.63) is 58.6 Å². The van der Waals surface area contributed by atoms with E-state index >= 15 is 0 Å². The van der Waals surface area contributed by atoms with Crippen LogP contribution >= 0.6 is 23.4 Å². The average molecular weight is 449 g/mol. The normalized spacial score (nSPS) is 13.2. The van der Waals surface area contributed by atoms with Crippen molar-refractivity contribution in [1.82, 2.24) is 0 Å². The van der Waals surface area contributed by atoms with Crippen LogP contribution in [0.2, 0.25) is 5.02 Å². The van der Waals surface area contributed by atoms with E-state index in [4.69, 9.17) is 31.6 Å². The summed E-state index contributed by atoms with van der Waals surface area (Å²) in [6.07, 6.45) is 3.21. The SMILES string of the molecule is COC(=O)COc1ccc(SCC(=N)/C=C(\[OH2+])c2ccc(Cl)cc2)c2c1CCCO2. The molecule has 0 radical (unpaired) electrons. The number of ether oxygens (including phenoxy) is 3. The minimum absolute atomic E-state index is 0.151. The molecular weight excluding hydrogens is 426 g/mol. The van der Waals surface area contributed by atoms with E-state index in [-0.39, 0.29) is 12.4 Å². The van der Waals surface area contributed by atoms with E-state index in [0.717, 1.165) is 29.1 Å². The van der Waals surface area contributed by atoms with Crippen LogP contribution in [0, 0.1) is 5.41 Å². The third kappa shape index (κ3) is 5.70. The van der Waals surface area contributed by atoms with Crippen molar-refractivity contribution in [1.29, 1.82) is 5.41 Å². The van der Waals surface area contributed by atoms with Gasteiger partial charge >= 0.3 is 5.97 Å². The molecule has 0 fully saturated rings. The average Bonchev–Trinajstić information content (AvgIpc) is 2.76. The Balaban J connectivity index is 1.69. The Kier molecular flexibility index (Phi) is 7.65. The zero-order chi connectivity index (χ0) is 21.5. The van der Waals surface area contributed by atoms with Crippen molar-refractivity contribution in [3.63, 3.8) is 0 Å². The minimum atomic E-state index is -0.439. The van der Waals surface area contributed by atoms with Crippen molar-refractivity contribution in [2.75, 3.05) is 26.1 Å². The zero-order valence-corrected chi connectivity index (χ0v) is 18.1. The molecule has 0 bridgehead atoms. The highest BCUT2D eigenvalue weighted by molar-refractivity contribution is 8.00. The first-order valence-electron chi connectivity index (χ1n) is 9.35. The molecule has 8 heteroatoms. The third-order valence-electron chi connectivity index (χ3n) is 4.43. The van der Waals surface area contributed by atoms with Gasteiger partial charge in [-0.15, -0.1) is 11.8 Å². The standard InChI is InChI=1S/C22H22ClNO5S/c1-27-21(26)12-29-19-8-9-20(22-17(19)3-2-10-28-22)30-13-16(24)11-18(25)14-4-6-15(23)7-5-14/h4-9,11,24-25H,2-3,10,12-13H2,1H3/p+1/b18-11-,24-16?. The van der Waals surface area contributed by atoms with Crippen LogP contribution in [0.4, 0.5) is 0 Å². The topological polar surface area (TPSA) is 91.5 Å². The highest BCUT2D eigenvalue weighted by atomic mass is 35.5.